The van der Waals surface area contributed by atoms with Crippen LogP contribution in [0.25, 0.3) is 0 Å². The number of halogens is 1. The number of nitrogens with zero attached hydrogens (tertiary/aromatic N) is 2. The molecular weight excluding hydrogens is 476 g/mol. The Morgan fingerprint density at radius 2 is 1.94 bits per heavy atom. The van der Waals surface area contributed by atoms with Gasteiger partial charge in [-0.3, -0.25) is 4.79 Å². The number of benzene rings is 1. The van der Waals surface area contributed by atoms with E-state index in [0.29, 0.717) is 19.5 Å². The number of piperidine rings is 1. The third kappa shape index (κ3) is 7.47. The molecule has 2 atom stereocenters. The van der Waals surface area contributed by atoms with Gasteiger partial charge in [-0.25, -0.2) is 4.79 Å². The monoisotopic (exact) mass is 506 g/mol. The number of amides is 1. The Labute approximate surface area is 209 Å². The van der Waals surface area contributed by atoms with Gasteiger partial charge in [-0.15, -0.1) is 0 Å². The number of phenolic OH excluding ortho intramolecular Hbond substituents is 2. The van der Waals surface area contributed by atoms with Gasteiger partial charge in [-0.1, -0.05) is 35.0 Å². The second-order valence-corrected chi connectivity index (χ2v) is 9.02. The maximum absolute atomic E-state index is 12.9. The predicted octanol–water partition coefficient (Wildman–Crippen LogP) is 3.49. The minimum atomic E-state index is -0.817. The van der Waals surface area contributed by atoms with Crippen LogP contribution in [0, 0.1) is 0 Å². The number of aliphatic hydroxyl groups is 1. The van der Waals surface area contributed by atoms with Gasteiger partial charge < -0.3 is 29.8 Å². The Morgan fingerprint density at radius 3 is 2.69 bits per heavy atom. The predicted molar refractivity (Wildman–Crippen MR) is 131 cm³/mol. The van der Waals surface area contributed by atoms with Crippen molar-refractivity contribution < 1.29 is 34.5 Å². The van der Waals surface area contributed by atoms with Gasteiger partial charge >= 0.3 is 5.97 Å². The molecule has 0 radical (unpaired) electrons. The molecule has 1 amide bonds. The zero-order chi connectivity index (χ0) is 25.4. The first-order valence-electron chi connectivity index (χ1n) is 11.7. The van der Waals surface area contributed by atoms with Gasteiger partial charge in [0.15, 0.2) is 6.61 Å². The molecule has 0 aliphatic carbocycles. The first-order valence-corrected chi connectivity index (χ1v) is 12.1. The molecule has 3 N–H and O–H groups in total. The number of hydrogen-bond acceptors (Lipinski definition) is 8. The van der Waals surface area contributed by atoms with Crippen LogP contribution in [0.15, 0.2) is 35.5 Å². The maximum atomic E-state index is 12.9. The van der Waals surface area contributed by atoms with Crippen LogP contribution in [0.3, 0.4) is 0 Å². The summed E-state index contributed by atoms with van der Waals surface area (Å²) < 4.78 is 5.44. The third-order valence-corrected chi connectivity index (χ3v) is 6.21. The van der Waals surface area contributed by atoms with E-state index in [1.54, 1.807) is 36.1 Å². The molecule has 1 fully saturated rings. The van der Waals surface area contributed by atoms with Crippen molar-refractivity contribution in [3.05, 3.63) is 46.5 Å². The lowest BCUT2D eigenvalue weighted by molar-refractivity contribution is -0.137. The van der Waals surface area contributed by atoms with E-state index in [1.165, 1.54) is 0 Å². The normalized spacial score (nSPS) is 22.9. The number of hydrogen-bond donors (Lipinski definition) is 3. The molecule has 0 spiro atoms. The zero-order valence-corrected chi connectivity index (χ0v) is 20.4. The van der Waals surface area contributed by atoms with E-state index in [9.17, 15) is 24.9 Å². The molecule has 9 nitrogen and oxygen atoms in total. The standard InChI is InChI=1S/C25H31ClN2O7/c1-16-7-5-9-18(29)10-6-8-17(27-34-15-22(32)28-11-3-2-4-12-28)13-19-23(25(33)35-16)20(30)14-21(31)24(19)26/h5-6,8-9,14,16,18,29-31H,2-4,7,10-13,15H2,1H3/t16-,18+/m1/s1. The largest absolute Gasteiger partial charge is 0.507 e. The van der Waals surface area contributed by atoms with Gasteiger partial charge in [0.2, 0.25) is 0 Å². The molecule has 2 aliphatic rings. The lowest BCUT2D eigenvalue weighted by Gasteiger charge is -2.26. The number of phenols is 2. The van der Waals surface area contributed by atoms with Crippen LogP contribution in [-0.4, -0.2) is 69.7 Å². The van der Waals surface area contributed by atoms with Crippen molar-refractivity contribution >= 4 is 29.2 Å². The van der Waals surface area contributed by atoms with E-state index < -0.39 is 29.7 Å². The fourth-order valence-electron chi connectivity index (χ4n) is 3.92. The number of fused-ring (bicyclic) bond motifs is 1. The summed E-state index contributed by atoms with van der Waals surface area (Å²) >= 11 is 6.31. The van der Waals surface area contributed by atoms with Crippen molar-refractivity contribution in [3.63, 3.8) is 0 Å². The average molecular weight is 507 g/mol. The van der Waals surface area contributed by atoms with Gasteiger partial charge in [-0.2, -0.15) is 0 Å². The van der Waals surface area contributed by atoms with Crippen molar-refractivity contribution in [2.75, 3.05) is 19.7 Å². The van der Waals surface area contributed by atoms with Crippen LogP contribution in [0.5, 0.6) is 11.5 Å². The molecule has 0 aromatic heterocycles. The summed E-state index contributed by atoms with van der Waals surface area (Å²) in [6.07, 6.45) is 8.79. The van der Waals surface area contributed by atoms with E-state index in [-0.39, 0.29) is 47.2 Å². The third-order valence-electron chi connectivity index (χ3n) is 5.78. The topological polar surface area (TPSA) is 129 Å². The highest BCUT2D eigenvalue weighted by Gasteiger charge is 2.26. The highest BCUT2D eigenvalue weighted by atomic mass is 35.5. The van der Waals surface area contributed by atoms with Crippen LogP contribution in [0.4, 0.5) is 0 Å². The van der Waals surface area contributed by atoms with Crippen LogP contribution < -0.4 is 0 Å². The van der Waals surface area contributed by atoms with E-state index >= 15 is 0 Å². The summed E-state index contributed by atoms with van der Waals surface area (Å²) in [5.74, 6) is -1.89. The maximum Gasteiger partial charge on any atom is 0.342 e. The fourth-order valence-corrected chi connectivity index (χ4v) is 4.14. The van der Waals surface area contributed by atoms with Gasteiger partial charge in [-0.05, 0) is 44.2 Å². The summed E-state index contributed by atoms with van der Waals surface area (Å²) in [5.41, 5.74) is 0.175. The Balaban J connectivity index is 1.91. The van der Waals surface area contributed by atoms with Crippen molar-refractivity contribution in [2.24, 2.45) is 5.16 Å². The minimum absolute atomic E-state index is 0.101. The SMILES string of the molecule is C[C@@H]1CC=C[C@H](O)CC=CC(=NOCC(=O)N2CCCCC2)Cc2c(Cl)c(O)cc(O)c2C(=O)O1. The smallest absolute Gasteiger partial charge is 0.342 e. The van der Waals surface area contributed by atoms with Crippen molar-refractivity contribution in [2.45, 2.75) is 57.7 Å². The molecule has 1 aromatic rings. The lowest BCUT2D eigenvalue weighted by atomic mass is 9.99. The van der Waals surface area contributed by atoms with Crippen LogP contribution in [0.2, 0.25) is 5.02 Å². The highest BCUT2D eigenvalue weighted by Crippen LogP contribution is 2.37. The minimum Gasteiger partial charge on any atom is -0.507 e. The second-order valence-electron chi connectivity index (χ2n) is 8.64. The van der Waals surface area contributed by atoms with Gasteiger partial charge in [0, 0.05) is 32.0 Å². The lowest BCUT2D eigenvalue weighted by Crippen LogP contribution is -2.37. The molecule has 0 bridgehead atoms. The number of oxime groups is 1. The van der Waals surface area contributed by atoms with Crippen molar-refractivity contribution in [1.82, 2.24) is 4.90 Å². The molecular formula is C25H31ClN2O7. The summed E-state index contributed by atoms with van der Waals surface area (Å²) in [5, 5.41) is 34.7. The Hall–Kier alpha value is -3.04. The molecule has 35 heavy (non-hydrogen) atoms. The summed E-state index contributed by atoms with van der Waals surface area (Å²) in [6.45, 7) is 2.80. The Kier molecular flexibility index (Phi) is 9.56. The number of carbonyl (C=O) groups is 2. The van der Waals surface area contributed by atoms with E-state index in [0.717, 1.165) is 25.3 Å². The number of rotatable bonds is 3. The number of ether oxygens (including phenoxy) is 1. The van der Waals surface area contributed by atoms with Gasteiger partial charge in [0.05, 0.1) is 16.8 Å². The highest BCUT2D eigenvalue weighted by molar-refractivity contribution is 6.33. The second kappa shape index (κ2) is 12.6. The van der Waals surface area contributed by atoms with Gasteiger partial charge in [0.1, 0.15) is 23.2 Å². The van der Waals surface area contributed by atoms with Gasteiger partial charge in [0.25, 0.3) is 5.91 Å². The van der Waals surface area contributed by atoms with Crippen LogP contribution in [-0.2, 0) is 20.8 Å². The number of aliphatic hydroxyl groups excluding tert-OH is 1. The fraction of sp³-hybridized carbons (Fsp3) is 0.480. The average Bonchev–Trinajstić information content (AvgIpc) is 2.82. The molecule has 0 saturated carbocycles. The summed E-state index contributed by atoms with van der Waals surface area (Å²) in [4.78, 5) is 32.3. The molecule has 10 heteroatoms. The molecule has 1 saturated heterocycles. The van der Waals surface area contributed by atoms with Crippen LogP contribution >= 0.6 is 11.6 Å². The number of aromatic hydroxyl groups is 2. The summed E-state index contributed by atoms with van der Waals surface area (Å²) in [6, 6.07) is 0.979. The van der Waals surface area contributed by atoms with Crippen molar-refractivity contribution in [1.29, 1.82) is 0 Å². The molecule has 3 rings (SSSR count). The number of carbonyl (C=O) groups excluding carboxylic acids is 2. The first-order chi connectivity index (χ1) is 16.8. The number of esters is 1. The quantitative estimate of drug-likeness (QED) is 0.325. The van der Waals surface area contributed by atoms with E-state index in [2.05, 4.69) is 5.16 Å². The number of likely N-dealkylation sites (tertiary alicyclic amines) is 1. The van der Waals surface area contributed by atoms with Crippen molar-refractivity contribution in [3.8, 4) is 11.5 Å². The molecule has 1 aromatic carbocycles. The molecule has 190 valence electrons. The Bertz CT molecular complexity index is 1020. The summed E-state index contributed by atoms with van der Waals surface area (Å²) in [7, 11) is 0. The Morgan fingerprint density at radius 1 is 1.20 bits per heavy atom. The number of cyclic esters (lactones) is 1. The number of allylic oxidation sites excluding steroid dienone is 1. The molecule has 2 heterocycles. The van der Waals surface area contributed by atoms with E-state index in [4.69, 9.17) is 21.2 Å². The zero-order valence-electron chi connectivity index (χ0n) is 19.7. The molecule has 2 aliphatic heterocycles. The van der Waals surface area contributed by atoms with E-state index in [1.807, 2.05) is 0 Å². The first kappa shape index (κ1) is 26.6. The van der Waals surface area contributed by atoms with Crippen LogP contribution in [0.1, 0.15) is 54.9 Å². The molecule has 0 unspecified atom stereocenters.